The second kappa shape index (κ2) is 10.8. The molecule has 4 rings (SSSR count). The summed E-state index contributed by atoms with van der Waals surface area (Å²) in [7, 11) is -1.94. The van der Waals surface area contributed by atoms with E-state index in [1.54, 1.807) is 6.92 Å². The van der Waals surface area contributed by atoms with Gasteiger partial charge in [0.25, 0.3) is 5.91 Å². The van der Waals surface area contributed by atoms with Crippen LogP contribution in [0.2, 0.25) is 0 Å². The summed E-state index contributed by atoms with van der Waals surface area (Å²) in [6, 6.07) is 11.5. The average molecular weight is 533 g/mol. The smallest absolute Gasteiger partial charge is 0.409 e. The first-order valence-corrected chi connectivity index (χ1v) is 13.8. The van der Waals surface area contributed by atoms with Crippen LogP contribution >= 0.6 is 11.3 Å². The van der Waals surface area contributed by atoms with Gasteiger partial charge in [0.1, 0.15) is 11.3 Å². The monoisotopic (exact) mass is 532 g/mol. The quantitative estimate of drug-likeness (QED) is 0.483. The lowest BCUT2D eigenvalue weighted by atomic mass is 10.2. The molecule has 3 aromatic rings. The van der Waals surface area contributed by atoms with Crippen molar-refractivity contribution in [2.24, 2.45) is 12.0 Å². The molecule has 0 unspecified atom stereocenters. The number of aryl methyl sites for hydroxylation is 1. The van der Waals surface area contributed by atoms with E-state index >= 15 is 0 Å². The Bertz CT molecular complexity index is 1440. The third-order valence-electron chi connectivity index (χ3n) is 5.79. The van der Waals surface area contributed by atoms with Crippen LogP contribution in [0.1, 0.15) is 24.2 Å². The van der Waals surface area contributed by atoms with Crippen LogP contribution < -0.4 is 9.54 Å². The van der Waals surface area contributed by atoms with Crippen molar-refractivity contribution in [2.45, 2.75) is 18.7 Å². The summed E-state index contributed by atoms with van der Waals surface area (Å²) >= 11 is 1.37. The molecule has 1 fully saturated rings. The summed E-state index contributed by atoms with van der Waals surface area (Å²) in [6.45, 7) is 5.28. The summed E-state index contributed by atoms with van der Waals surface area (Å²) in [6.07, 6.45) is -0.442. The predicted molar refractivity (Wildman–Crippen MR) is 136 cm³/mol. The zero-order valence-corrected chi connectivity index (χ0v) is 22.0. The fraction of sp³-hybridized carbons (Fsp3) is 0.375. The Kier molecular flexibility index (Phi) is 7.76. The number of carbonyl (C=O) groups excluding carboxylic acids is 2. The normalized spacial score (nSPS) is 15.3. The molecule has 2 heterocycles. The minimum absolute atomic E-state index is 0.0809. The van der Waals surface area contributed by atoms with E-state index in [0.29, 0.717) is 11.4 Å². The van der Waals surface area contributed by atoms with E-state index in [0.717, 1.165) is 16.0 Å². The van der Waals surface area contributed by atoms with Crippen molar-refractivity contribution in [3.8, 4) is 5.75 Å². The maximum atomic E-state index is 13.1. The number of para-hydroxylation sites is 1. The number of sulfonamides is 1. The molecule has 36 heavy (non-hydrogen) atoms. The van der Waals surface area contributed by atoms with Gasteiger partial charge < -0.3 is 18.9 Å². The molecule has 0 N–H and O–H groups in total. The first-order chi connectivity index (χ1) is 17.3. The van der Waals surface area contributed by atoms with Crippen molar-refractivity contribution >= 4 is 43.6 Å². The molecule has 0 saturated carbocycles. The van der Waals surface area contributed by atoms with Crippen molar-refractivity contribution in [1.82, 2.24) is 13.8 Å². The van der Waals surface area contributed by atoms with Crippen LogP contribution in [-0.2, 0) is 21.8 Å². The van der Waals surface area contributed by atoms with Crippen molar-refractivity contribution in [1.29, 1.82) is 0 Å². The van der Waals surface area contributed by atoms with E-state index < -0.39 is 22.0 Å². The molecule has 0 spiro atoms. The first kappa shape index (κ1) is 25.9. The number of hydrogen-bond donors (Lipinski definition) is 0. The van der Waals surface area contributed by atoms with Gasteiger partial charge in [0.05, 0.1) is 22.8 Å². The summed E-state index contributed by atoms with van der Waals surface area (Å²) in [5, 5.41) is 0. The zero-order valence-electron chi connectivity index (χ0n) is 20.3. The van der Waals surface area contributed by atoms with Gasteiger partial charge in [0.15, 0.2) is 4.80 Å². The van der Waals surface area contributed by atoms with E-state index in [2.05, 4.69) is 4.99 Å². The molecule has 1 aromatic heterocycles. The van der Waals surface area contributed by atoms with E-state index in [1.165, 1.54) is 44.8 Å². The Labute approximate surface area is 213 Å². The van der Waals surface area contributed by atoms with E-state index in [-0.39, 0.29) is 43.2 Å². The number of nitrogens with zero attached hydrogens (tertiary/aromatic N) is 4. The number of rotatable bonds is 6. The second-order valence-corrected chi connectivity index (χ2v) is 11.0. The lowest BCUT2D eigenvalue weighted by molar-refractivity contribution is 0.0933. The summed E-state index contributed by atoms with van der Waals surface area (Å²) in [5.74, 6) is 0.252. The summed E-state index contributed by atoms with van der Waals surface area (Å²) < 4.78 is 40.9. The standard InChI is InChI=1S/C24H28N4O6S2/c1-4-33-19-7-6-8-20-21(19)26(3)23(35-20)25-22(29)17-9-11-18(12-10-17)36(31,32)28-15-13-27(14-16-28)24(30)34-5-2/h6-12H,4-5,13-16H2,1-3H3. The molecule has 192 valence electrons. The highest BCUT2D eigenvalue weighted by molar-refractivity contribution is 7.89. The molecule has 12 heteroatoms. The number of ether oxygens (including phenoxy) is 2. The zero-order chi connectivity index (χ0) is 25.9. The highest BCUT2D eigenvalue weighted by Gasteiger charge is 2.30. The van der Waals surface area contributed by atoms with Crippen molar-refractivity contribution in [2.75, 3.05) is 39.4 Å². The molecule has 2 amide bonds. The third kappa shape index (κ3) is 5.15. The highest BCUT2D eigenvalue weighted by atomic mass is 32.2. The van der Waals surface area contributed by atoms with Crippen LogP contribution in [0.3, 0.4) is 0 Å². The van der Waals surface area contributed by atoms with Gasteiger partial charge in [0, 0.05) is 38.8 Å². The van der Waals surface area contributed by atoms with Gasteiger partial charge in [-0.15, -0.1) is 0 Å². The largest absolute Gasteiger partial charge is 0.492 e. The average Bonchev–Trinajstić information content (AvgIpc) is 3.20. The fourth-order valence-corrected chi connectivity index (χ4v) is 6.40. The lowest BCUT2D eigenvalue weighted by Gasteiger charge is -2.33. The van der Waals surface area contributed by atoms with Crippen LogP contribution in [0.15, 0.2) is 52.4 Å². The van der Waals surface area contributed by atoms with Gasteiger partial charge in [-0.25, -0.2) is 13.2 Å². The molecular weight excluding hydrogens is 504 g/mol. The van der Waals surface area contributed by atoms with Gasteiger partial charge >= 0.3 is 6.09 Å². The highest BCUT2D eigenvalue weighted by Crippen LogP contribution is 2.27. The van der Waals surface area contributed by atoms with E-state index in [1.807, 2.05) is 36.7 Å². The minimum Gasteiger partial charge on any atom is -0.492 e. The van der Waals surface area contributed by atoms with E-state index in [9.17, 15) is 18.0 Å². The van der Waals surface area contributed by atoms with Crippen molar-refractivity contribution < 1.29 is 27.5 Å². The Morgan fingerprint density at radius 2 is 1.69 bits per heavy atom. The Morgan fingerprint density at radius 1 is 1.00 bits per heavy atom. The van der Waals surface area contributed by atoms with Crippen LogP contribution in [0.4, 0.5) is 4.79 Å². The Morgan fingerprint density at radius 3 is 2.33 bits per heavy atom. The SMILES string of the molecule is CCOC(=O)N1CCN(S(=O)(=O)c2ccc(C(=O)N=c3sc4cccc(OCC)c4n3C)cc2)CC1. The molecule has 2 aromatic carbocycles. The molecule has 1 aliphatic rings. The van der Waals surface area contributed by atoms with Crippen LogP contribution in [0, 0.1) is 0 Å². The maximum absolute atomic E-state index is 13.1. The Balaban J connectivity index is 1.51. The number of thiazole rings is 1. The first-order valence-electron chi connectivity index (χ1n) is 11.6. The molecular formula is C24H28N4O6S2. The van der Waals surface area contributed by atoms with Gasteiger partial charge in [0.2, 0.25) is 10.0 Å². The lowest BCUT2D eigenvalue weighted by Crippen LogP contribution is -2.50. The van der Waals surface area contributed by atoms with Crippen LogP contribution in [0.25, 0.3) is 10.2 Å². The molecule has 0 atom stereocenters. The number of hydrogen-bond acceptors (Lipinski definition) is 7. The Hall–Kier alpha value is -3.22. The van der Waals surface area contributed by atoms with Gasteiger partial charge in [-0.1, -0.05) is 17.4 Å². The van der Waals surface area contributed by atoms with Gasteiger partial charge in [-0.05, 0) is 50.2 Å². The van der Waals surface area contributed by atoms with Gasteiger partial charge in [-0.3, -0.25) is 4.79 Å². The number of aromatic nitrogens is 1. The number of amides is 2. The maximum Gasteiger partial charge on any atom is 0.409 e. The molecule has 1 saturated heterocycles. The topological polar surface area (TPSA) is 111 Å². The molecule has 10 nitrogen and oxygen atoms in total. The summed E-state index contributed by atoms with van der Waals surface area (Å²) in [4.78, 5) is 31.1. The van der Waals surface area contributed by atoms with Crippen molar-refractivity contribution in [3.63, 3.8) is 0 Å². The van der Waals surface area contributed by atoms with Crippen molar-refractivity contribution in [3.05, 3.63) is 52.8 Å². The number of fused-ring (bicyclic) bond motifs is 1. The minimum atomic E-state index is -3.76. The van der Waals surface area contributed by atoms with E-state index in [4.69, 9.17) is 9.47 Å². The number of carbonyl (C=O) groups is 2. The molecule has 0 bridgehead atoms. The van der Waals surface area contributed by atoms with Crippen LogP contribution in [-0.4, -0.2) is 73.6 Å². The summed E-state index contributed by atoms with van der Waals surface area (Å²) in [5.41, 5.74) is 1.14. The third-order valence-corrected chi connectivity index (χ3v) is 8.80. The fourth-order valence-electron chi connectivity index (χ4n) is 3.94. The van der Waals surface area contributed by atoms with Crippen LogP contribution in [0.5, 0.6) is 5.75 Å². The van der Waals surface area contributed by atoms with Gasteiger partial charge in [-0.2, -0.15) is 9.30 Å². The number of piperazine rings is 1. The molecule has 0 radical (unpaired) electrons. The second-order valence-electron chi connectivity index (χ2n) is 8.01. The number of benzene rings is 2. The molecule has 0 aliphatic carbocycles. The predicted octanol–water partition coefficient (Wildman–Crippen LogP) is 2.84. The molecule has 1 aliphatic heterocycles.